The molecule has 1 spiro atoms. The number of hydrogen-bond acceptors (Lipinski definition) is 7. The number of esters is 1. The van der Waals surface area contributed by atoms with Crippen molar-refractivity contribution >= 4 is 23.7 Å². The summed E-state index contributed by atoms with van der Waals surface area (Å²) < 4.78 is 12.4. The first-order chi connectivity index (χ1) is 19.8. The Morgan fingerprint density at radius 3 is 2.63 bits per heavy atom. The highest BCUT2D eigenvalue weighted by molar-refractivity contribution is 5.99. The Balaban J connectivity index is 1.56. The van der Waals surface area contributed by atoms with Crippen LogP contribution in [0.5, 0.6) is 0 Å². The number of nitrogens with zero attached hydrogens (tertiary/aromatic N) is 2. The third kappa shape index (κ3) is 5.30. The molecule has 0 saturated carbocycles. The van der Waals surface area contributed by atoms with Gasteiger partial charge in [0.15, 0.2) is 0 Å². The van der Waals surface area contributed by atoms with Crippen molar-refractivity contribution in [1.82, 2.24) is 15.1 Å². The van der Waals surface area contributed by atoms with Gasteiger partial charge in [-0.15, -0.1) is 0 Å². The average molecular weight is 566 g/mol. The number of aliphatic hydroxyl groups is 1. The third-order valence-corrected chi connectivity index (χ3v) is 8.60. The van der Waals surface area contributed by atoms with E-state index < -0.39 is 53.6 Å². The number of likely N-dealkylation sites (tertiary alicyclic amines) is 1. The summed E-state index contributed by atoms with van der Waals surface area (Å²) >= 11 is 0. The zero-order chi connectivity index (χ0) is 29.1. The lowest BCUT2D eigenvalue weighted by Crippen LogP contribution is -2.58. The van der Waals surface area contributed by atoms with Crippen LogP contribution in [0.3, 0.4) is 0 Å². The number of carbonyl (C=O) groups is 4. The number of nitrogens with one attached hydrogen (secondary N) is 1. The van der Waals surface area contributed by atoms with Gasteiger partial charge in [0.25, 0.3) is 0 Å². The molecule has 7 atom stereocenters. The van der Waals surface area contributed by atoms with Crippen LogP contribution >= 0.6 is 0 Å². The maximum atomic E-state index is 14.3. The Bertz CT molecular complexity index is 1220. The number of aliphatic hydroxyl groups excluding tert-OH is 1. The number of hydrogen-bond donors (Lipinski definition) is 2. The van der Waals surface area contributed by atoms with Gasteiger partial charge in [-0.1, -0.05) is 68.0 Å². The molecule has 4 aliphatic rings. The molecule has 0 aliphatic carbocycles. The van der Waals surface area contributed by atoms with Gasteiger partial charge in [-0.05, 0) is 25.3 Å². The quantitative estimate of drug-likeness (QED) is 0.399. The average Bonchev–Trinajstić information content (AvgIpc) is 3.63. The lowest BCUT2D eigenvalue weighted by molar-refractivity contribution is -0.160. The summed E-state index contributed by atoms with van der Waals surface area (Å²) in [5.74, 6) is -3.44. The number of carbonyl (C=O) groups excluding carboxylic acids is 4. The molecular weight excluding hydrogens is 526 g/mol. The first-order valence-electron chi connectivity index (χ1n) is 14.6. The molecule has 1 aromatic carbocycles. The molecule has 41 heavy (non-hydrogen) atoms. The number of benzene rings is 1. The fourth-order valence-corrected chi connectivity index (χ4v) is 6.48. The van der Waals surface area contributed by atoms with Crippen molar-refractivity contribution in [3.05, 3.63) is 60.2 Å². The van der Waals surface area contributed by atoms with E-state index in [1.165, 1.54) is 4.90 Å². The van der Waals surface area contributed by atoms with Crippen molar-refractivity contribution in [3.63, 3.8) is 0 Å². The molecule has 5 rings (SSSR count). The van der Waals surface area contributed by atoms with Crippen molar-refractivity contribution in [2.75, 3.05) is 26.2 Å². The second kappa shape index (κ2) is 12.2. The molecular formula is C31H39N3O7. The Labute approximate surface area is 240 Å². The highest BCUT2D eigenvalue weighted by Gasteiger charge is 2.74. The van der Waals surface area contributed by atoms with E-state index in [0.717, 1.165) is 12.8 Å². The minimum absolute atomic E-state index is 0.0791. The van der Waals surface area contributed by atoms with Gasteiger partial charge in [-0.25, -0.2) is 0 Å². The van der Waals surface area contributed by atoms with E-state index in [9.17, 15) is 24.3 Å². The number of ether oxygens (including phenoxy) is 2. The Morgan fingerprint density at radius 2 is 1.90 bits per heavy atom. The van der Waals surface area contributed by atoms with Gasteiger partial charge in [0.05, 0.1) is 31.2 Å². The number of amides is 3. The number of unbranched alkanes of at least 4 members (excludes halogenated alkanes) is 1. The number of fused-ring (bicyclic) bond motifs is 2. The van der Waals surface area contributed by atoms with Crippen LogP contribution in [0.2, 0.25) is 0 Å². The van der Waals surface area contributed by atoms with Gasteiger partial charge in [0, 0.05) is 19.5 Å². The molecule has 0 aromatic heterocycles. The summed E-state index contributed by atoms with van der Waals surface area (Å²) in [6.45, 7) is 4.25. The van der Waals surface area contributed by atoms with Gasteiger partial charge < -0.3 is 29.7 Å². The maximum absolute atomic E-state index is 14.3. The van der Waals surface area contributed by atoms with Crippen molar-refractivity contribution in [3.8, 4) is 0 Å². The van der Waals surface area contributed by atoms with Crippen molar-refractivity contribution < 1.29 is 33.8 Å². The molecule has 3 amide bonds. The molecule has 4 heterocycles. The van der Waals surface area contributed by atoms with Gasteiger partial charge in [0.2, 0.25) is 17.7 Å². The summed E-state index contributed by atoms with van der Waals surface area (Å²) in [5.41, 5.74) is -0.633. The van der Waals surface area contributed by atoms with Crippen LogP contribution in [-0.2, 0) is 28.7 Å². The van der Waals surface area contributed by atoms with Crippen LogP contribution in [0.25, 0.3) is 0 Å². The topological polar surface area (TPSA) is 125 Å². The van der Waals surface area contributed by atoms with Gasteiger partial charge in [-0.2, -0.15) is 0 Å². The van der Waals surface area contributed by atoms with Gasteiger partial charge in [-0.3, -0.25) is 19.2 Å². The second-order valence-corrected chi connectivity index (χ2v) is 11.3. The molecule has 0 unspecified atom stereocenters. The van der Waals surface area contributed by atoms with E-state index >= 15 is 0 Å². The summed E-state index contributed by atoms with van der Waals surface area (Å²) in [7, 11) is 0. The van der Waals surface area contributed by atoms with Crippen LogP contribution in [0.1, 0.15) is 51.2 Å². The largest absolute Gasteiger partial charge is 0.455 e. The van der Waals surface area contributed by atoms with Crippen LogP contribution in [-0.4, -0.2) is 88.6 Å². The lowest BCUT2D eigenvalue weighted by Gasteiger charge is -2.37. The van der Waals surface area contributed by atoms with Crippen LogP contribution in [0.4, 0.5) is 0 Å². The molecule has 1 aromatic rings. The van der Waals surface area contributed by atoms with Crippen LogP contribution in [0, 0.1) is 11.8 Å². The summed E-state index contributed by atoms with van der Waals surface area (Å²) in [4.78, 5) is 58.0. The SMILES string of the molecule is CCCCN1C/C=C\CCC(=O)NC[C@@H](c2ccccc2)OC(=O)[C@@H]2[C@@H]3C=C[C@]4(O3)[C@H](C1=O)N([C@H](C)CO)C(=O)[C@@H]24. The lowest BCUT2D eigenvalue weighted by atomic mass is 9.74. The predicted molar refractivity (Wildman–Crippen MR) is 149 cm³/mol. The zero-order valence-corrected chi connectivity index (χ0v) is 23.6. The summed E-state index contributed by atoms with van der Waals surface area (Å²) in [6.07, 6.45) is 8.12. The van der Waals surface area contributed by atoms with E-state index in [1.54, 1.807) is 24.0 Å². The monoisotopic (exact) mass is 565 g/mol. The minimum atomic E-state index is -1.34. The molecule has 10 heteroatoms. The molecule has 220 valence electrons. The normalized spacial score (nSPS) is 33.5. The first kappa shape index (κ1) is 29.0. The Morgan fingerprint density at radius 1 is 1.12 bits per heavy atom. The molecule has 2 fully saturated rings. The number of cyclic esters (lactones) is 1. The van der Waals surface area contributed by atoms with E-state index in [-0.39, 0.29) is 31.4 Å². The minimum Gasteiger partial charge on any atom is -0.455 e. The predicted octanol–water partition coefficient (Wildman–Crippen LogP) is 1.90. The summed E-state index contributed by atoms with van der Waals surface area (Å²) in [5, 5.41) is 13.0. The van der Waals surface area contributed by atoms with Crippen molar-refractivity contribution in [2.24, 2.45) is 11.8 Å². The van der Waals surface area contributed by atoms with Crippen molar-refractivity contribution in [2.45, 2.75) is 69.4 Å². The standard InChI is InChI=1S/C31H39N3O7/c1-3-4-16-33-17-10-6-9-13-24(36)32-18-23(21-11-7-5-8-12-21)40-30(39)25-22-14-15-31(41-22)26(25)28(37)34(20(2)19-35)27(31)29(33)38/h5-8,10-12,14-15,20,22-23,25-27,35H,3-4,9,13,16-19H2,1-2H3,(H,32,36)/b10-6-/t20-,22+,23+,25-,26-,27+,31-/m1/s1. The first-order valence-corrected chi connectivity index (χ1v) is 14.6. The molecule has 2 saturated heterocycles. The van der Waals surface area contributed by atoms with Crippen LogP contribution in [0.15, 0.2) is 54.6 Å². The van der Waals surface area contributed by atoms with Gasteiger partial charge in [0.1, 0.15) is 23.7 Å². The Kier molecular flexibility index (Phi) is 8.60. The maximum Gasteiger partial charge on any atom is 0.313 e. The van der Waals surface area contributed by atoms with Crippen LogP contribution < -0.4 is 5.32 Å². The van der Waals surface area contributed by atoms with Gasteiger partial charge >= 0.3 is 5.97 Å². The van der Waals surface area contributed by atoms with Crippen molar-refractivity contribution in [1.29, 1.82) is 0 Å². The number of allylic oxidation sites excluding steroid dienone is 1. The fourth-order valence-electron chi connectivity index (χ4n) is 6.48. The molecule has 4 aliphatic heterocycles. The molecule has 5 bridgehead atoms. The second-order valence-electron chi connectivity index (χ2n) is 11.3. The third-order valence-electron chi connectivity index (χ3n) is 8.60. The smallest absolute Gasteiger partial charge is 0.313 e. The Hall–Kier alpha value is -3.50. The number of rotatable bonds is 6. The molecule has 2 N–H and O–H groups in total. The molecule has 0 radical (unpaired) electrons. The molecule has 10 nitrogen and oxygen atoms in total. The summed E-state index contributed by atoms with van der Waals surface area (Å²) in [6, 6.07) is 7.44. The van der Waals surface area contributed by atoms with E-state index in [0.29, 0.717) is 25.1 Å². The van der Waals surface area contributed by atoms with E-state index in [1.807, 2.05) is 49.4 Å². The fraction of sp³-hybridized carbons (Fsp3) is 0.548. The zero-order valence-electron chi connectivity index (χ0n) is 23.6. The highest BCUT2D eigenvalue weighted by Crippen LogP contribution is 2.56. The highest BCUT2D eigenvalue weighted by atomic mass is 16.6. The van der Waals surface area contributed by atoms with E-state index in [4.69, 9.17) is 9.47 Å². The van der Waals surface area contributed by atoms with E-state index in [2.05, 4.69) is 5.32 Å².